The fourth-order valence-corrected chi connectivity index (χ4v) is 3.82. The molecule has 4 rings (SSSR count). The van der Waals surface area contributed by atoms with Gasteiger partial charge >= 0.3 is 0 Å². The lowest BCUT2D eigenvalue weighted by Gasteiger charge is -2.08. The van der Waals surface area contributed by atoms with Crippen LogP contribution < -0.4 is 10.1 Å². The van der Waals surface area contributed by atoms with Crippen molar-refractivity contribution in [1.82, 2.24) is 9.78 Å². The molecule has 2 heterocycles. The fourth-order valence-electron chi connectivity index (χ4n) is 3.00. The standard InChI is InChI=1S/C22H19N3O2S/c1-15-12-13-28-21(15)22(26)23-20-14-18(17-10-6-7-11-19(17)27-2)24-25(20)16-8-4-3-5-9-16/h3-14H,1-2H3,(H,23,26). The van der Waals surface area contributed by atoms with Gasteiger partial charge in [0.1, 0.15) is 11.6 Å². The van der Waals surface area contributed by atoms with E-state index < -0.39 is 0 Å². The first kappa shape index (κ1) is 18.0. The second-order valence-electron chi connectivity index (χ2n) is 6.25. The molecule has 0 aliphatic carbocycles. The Hall–Kier alpha value is -3.38. The number of ether oxygens (including phenoxy) is 1. The van der Waals surface area contributed by atoms with E-state index in [4.69, 9.17) is 9.84 Å². The number of amides is 1. The lowest BCUT2D eigenvalue weighted by molar-refractivity contribution is 0.102. The van der Waals surface area contributed by atoms with Crippen molar-refractivity contribution in [3.8, 4) is 22.7 Å². The van der Waals surface area contributed by atoms with Gasteiger partial charge in [-0.2, -0.15) is 5.10 Å². The van der Waals surface area contributed by atoms with Crippen molar-refractivity contribution in [3.05, 3.63) is 82.6 Å². The highest BCUT2D eigenvalue weighted by atomic mass is 32.1. The fraction of sp³-hybridized carbons (Fsp3) is 0.0909. The Morgan fingerprint density at radius 1 is 1.07 bits per heavy atom. The number of nitrogens with zero attached hydrogens (tertiary/aromatic N) is 2. The summed E-state index contributed by atoms with van der Waals surface area (Å²) in [5.74, 6) is 1.19. The molecule has 140 valence electrons. The highest BCUT2D eigenvalue weighted by Crippen LogP contribution is 2.32. The van der Waals surface area contributed by atoms with Crippen LogP contribution in [0.5, 0.6) is 5.75 Å². The molecule has 0 spiro atoms. The van der Waals surface area contributed by atoms with Crippen molar-refractivity contribution in [3.63, 3.8) is 0 Å². The monoisotopic (exact) mass is 389 g/mol. The van der Waals surface area contributed by atoms with Crippen LogP contribution >= 0.6 is 11.3 Å². The third-order valence-electron chi connectivity index (χ3n) is 4.40. The first-order valence-corrected chi connectivity index (χ1v) is 9.69. The molecular formula is C22H19N3O2S. The van der Waals surface area contributed by atoms with Gasteiger partial charge in [-0.1, -0.05) is 30.3 Å². The minimum absolute atomic E-state index is 0.142. The maximum Gasteiger partial charge on any atom is 0.267 e. The van der Waals surface area contributed by atoms with E-state index in [1.165, 1.54) is 11.3 Å². The van der Waals surface area contributed by atoms with Crippen LogP contribution in [-0.2, 0) is 0 Å². The van der Waals surface area contributed by atoms with Crippen LogP contribution in [0.15, 0.2) is 72.1 Å². The third kappa shape index (κ3) is 3.42. The van der Waals surface area contributed by atoms with Gasteiger partial charge in [-0.15, -0.1) is 11.3 Å². The Bertz CT molecular complexity index is 1120. The lowest BCUT2D eigenvalue weighted by Crippen LogP contribution is -2.14. The smallest absolute Gasteiger partial charge is 0.267 e. The van der Waals surface area contributed by atoms with Gasteiger partial charge in [0.05, 0.1) is 23.4 Å². The number of para-hydroxylation sites is 2. The summed E-state index contributed by atoms with van der Waals surface area (Å²) >= 11 is 1.43. The molecule has 0 saturated carbocycles. The van der Waals surface area contributed by atoms with Crippen molar-refractivity contribution in [2.24, 2.45) is 0 Å². The summed E-state index contributed by atoms with van der Waals surface area (Å²) in [5, 5.41) is 9.67. The quantitative estimate of drug-likeness (QED) is 0.512. The van der Waals surface area contributed by atoms with Gasteiger partial charge in [0.25, 0.3) is 5.91 Å². The molecule has 2 aromatic heterocycles. The Balaban J connectivity index is 1.79. The van der Waals surface area contributed by atoms with E-state index in [0.717, 1.165) is 28.3 Å². The summed E-state index contributed by atoms with van der Waals surface area (Å²) in [7, 11) is 1.63. The molecule has 0 unspecified atom stereocenters. The van der Waals surface area contributed by atoms with Crippen LogP contribution in [-0.4, -0.2) is 22.8 Å². The summed E-state index contributed by atoms with van der Waals surface area (Å²) in [4.78, 5) is 13.5. The number of hydrogen-bond acceptors (Lipinski definition) is 4. The summed E-state index contributed by atoms with van der Waals surface area (Å²) < 4.78 is 7.21. The average molecular weight is 389 g/mol. The SMILES string of the molecule is COc1ccccc1-c1cc(NC(=O)c2sccc2C)n(-c2ccccc2)n1. The van der Waals surface area contributed by atoms with Crippen molar-refractivity contribution in [2.45, 2.75) is 6.92 Å². The highest BCUT2D eigenvalue weighted by molar-refractivity contribution is 7.12. The molecule has 1 N–H and O–H groups in total. The number of aromatic nitrogens is 2. The van der Waals surface area contributed by atoms with Crippen LogP contribution in [0, 0.1) is 6.92 Å². The maximum atomic E-state index is 12.8. The van der Waals surface area contributed by atoms with E-state index in [9.17, 15) is 4.79 Å². The molecule has 2 aromatic carbocycles. The zero-order chi connectivity index (χ0) is 19.5. The lowest BCUT2D eigenvalue weighted by atomic mass is 10.1. The molecule has 0 bridgehead atoms. The number of nitrogens with one attached hydrogen (secondary N) is 1. The van der Waals surface area contributed by atoms with E-state index in [1.807, 2.05) is 79.0 Å². The number of rotatable bonds is 5. The molecule has 0 radical (unpaired) electrons. The minimum atomic E-state index is -0.142. The molecule has 28 heavy (non-hydrogen) atoms. The predicted octanol–water partition coefficient (Wildman–Crippen LogP) is 5.17. The van der Waals surface area contributed by atoms with Crippen LogP contribution in [0.4, 0.5) is 5.82 Å². The summed E-state index contributed by atoms with van der Waals surface area (Å²) in [6, 6.07) is 21.2. The molecule has 0 aliphatic rings. The van der Waals surface area contributed by atoms with Crippen molar-refractivity contribution >= 4 is 23.1 Å². The van der Waals surface area contributed by atoms with Crippen molar-refractivity contribution in [2.75, 3.05) is 12.4 Å². The number of aryl methyl sites for hydroxylation is 1. The van der Waals surface area contributed by atoms with Crippen LogP contribution in [0.3, 0.4) is 0 Å². The molecule has 1 amide bonds. The molecule has 5 nitrogen and oxygen atoms in total. The van der Waals surface area contributed by atoms with Gasteiger partial charge in [0.2, 0.25) is 0 Å². The normalized spacial score (nSPS) is 10.6. The van der Waals surface area contributed by atoms with Crippen LogP contribution in [0.2, 0.25) is 0 Å². The molecule has 0 saturated heterocycles. The number of hydrogen-bond donors (Lipinski definition) is 1. The third-order valence-corrected chi connectivity index (χ3v) is 5.42. The van der Waals surface area contributed by atoms with Crippen molar-refractivity contribution in [1.29, 1.82) is 0 Å². The van der Waals surface area contributed by atoms with Gasteiger partial charge in [-0.25, -0.2) is 4.68 Å². The van der Waals surface area contributed by atoms with Crippen LogP contribution in [0.1, 0.15) is 15.2 Å². The minimum Gasteiger partial charge on any atom is -0.496 e. The highest BCUT2D eigenvalue weighted by Gasteiger charge is 2.18. The number of carbonyl (C=O) groups excluding carboxylic acids is 1. The van der Waals surface area contributed by atoms with E-state index in [0.29, 0.717) is 10.7 Å². The molecular weight excluding hydrogens is 370 g/mol. The van der Waals surface area contributed by atoms with Crippen molar-refractivity contribution < 1.29 is 9.53 Å². The van der Waals surface area contributed by atoms with Gasteiger partial charge < -0.3 is 10.1 Å². The molecule has 0 fully saturated rings. The van der Waals surface area contributed by atoms with Crippen LogP contribution in [0.25, 0.3) is 16.9 Å². The predicted molar refractivity (Wildman–Crippen MR) is 113 cm³/mol. The second-order valence-corrected chi connectivity index (χ2v) is 7.17. The topological polar surface area (TPSA) is 56.1 Å². The van der Waals surface area contributed by atoms with Gasteiger partial charge in [0, 0.05) is 11.6 Å². The Morgan fingerprint density at radius 3 is 2.54 bits per heavy atom. The zero-order valence-electron chi connectivity index (χ0n) is 15.5. The maximum absolute atomic E-state index is 12.8. The second kappa shape index (κ2) is 7.70. The number of methoxy groups -OCH3 is 1. The number of thiophene rings is 1. The Morgan fingerprint density at radius 2 is 1.82 bits per heavy atom. The molecule has 6 heteroatoms. The number of carbonyl (C=O) groups is 1. The molecule has 0 atom stereocenters. The Kier molecular flexibility index (Phi) is 4.95. The molecule has 0 aliphatic heterocycles. The van der Waals surface area contributed by atoms with Gasteiger partial charge in [-0.3, -0.25) is 4.79 Å². The molecule has 4 aromatic rings. The first-order valence-electron chi connectivity index (χ1n) is 8.81. The summed E-state index contributed by atoms with van der Waals surface area (Å²) in [5.41, 5.74) is 3.40. The average Bonchev–Trinajstić information content (AvgIpc) is 3.35. The van der Waals surface area contributed by atoms with E-state index >= 15 is 0 Å². The number of benzene rings is 2. The summed E-state index contributed by atoms with van der Waals surface area (Å²) in [6.07, 6.45) is 0. The largest absolute Gasteiger partial charge is 0.496 e. The number of anilines is 1. The van der Waals surface area contributed by atoms with E-state index in [-0.39, 0.29) is 5.91 Å². The zero-order valence-corrected chi connectivity index (χ0v) is 16.4. The van der Waals surface area contributed by atoms with E-state index in [2.05, 4.69) is 5.32 Å². The Labute approximate surface area is 167 Å². The summed E-state index contributed by atoms with van der Waals surface area (Å²) in [6.45, 7) is 1.93. The van der Waals surface area contributed by atoms with Gasteiger partial charge in [-0.05, 0) is 48.2 Å². The van der Waals surface area contributed by atoms with E-state index in [1.54, 1.807) is 11.8 Å². The van der Waals surface area contributed by atoms with Gasteiger partial charge in [0.15, 0.2) is 0 Å². The first-order chi connectivity index (χ1) is 13.7.